The van der Waals surface area contributed by atoms with Crippen LogP contribution < -0.4 is 11.1 Å². The van der Waals surface area contributed by atoms with Gasteiger partial charge in [0, 0.05) is 52.1 Å². The summed E-state index contributed by atoms with van der Waals surface area (Å²) in [6, 6.07) is 19.1. The number of hydrogen-bond donors (Lipinski definition) is 4. The van der Waals surface area contributed by atoms with E-state index in [1.54, 1.807) is 42.7 Å². The van der Waals surface area contributed by atoms with Crippen LogP contribution in [0.2, 0.25) is 5.02 Å². The Kier molecular flexibility index (Phi) is 7.37. The molecule has 0 spiro atoms. The van der Waals surface area contributed by atoms with Gasteiger partial charge >= 0.3 is 0 Å². The van der Waals surface area contributed by atoms with Gasteiger partial charge in [-0.25, -0.2) is 0 Å². The van der Waals surface area contributed by atoms with E-state index in [9.17, 15) is 9.90 Å². The van der Waals surface area contributed by atoms with E-state index in [-0.39, 0.29) is 23.8 Å². The van der Waals surface area contributed by atoms with Gasteiger partial charge in [0.1, 0.15) is 5.75 Å². The summed E-state index contributed by atoms with van der Waals surface area (Å²) in [5.41, 5.74) is 9.13. The second kappa shape index (κ2) is 10.6. The standard InChI is InChI=1S/C26H23ClN4O2S/c27-19-8-3-9-22(32)25(19)21(13-20(29)17-6-4-12-30-15-17)31-26(33)24-11-10-23(34-24)18-7-2-1-5-16(18)14-28/h1-12,15,21,29,32H,13-14,28H2,(H,31,33). The van der Waals surface area contributed by atoms with E-state index < -0.39 is 6.04 Å². The van der Waals surface area contributed by atoms with Crippen LogP contribution in [0.1, 0.15) is 38.8 Å². The number of amides is 1. The van der Waals surface area contributed by atoms with Gasteiger partial charge in [-0.1, -0.05) is 48.0 Å². The molecule has 0 saturated carbocycles. The van der Waals surface area contributed by atoms with Crippen LogP contribution in [-0.2, 0) is 6.54 Å². The van der Waals surface area contributed by atoms with Crippen molar-refractivity contribution in [2.75, 3.05) is 0 Å². The number of aromatic nitrogens is 1. The Morgan fingerprint density at radius 3 is 2.68 bits per heavy atom. The minimum atomic E-state index is -0.712. The number of nitrogens with two attached hydrogens (primary N) is 1. The van der Waals surface area contributed by atoms with Crippen molar-refractivity contribution in [3.05, 3.63) is 106 Å². The third kappa shape index (κ3) is 5.17. The van der Waals surface area contributed by atoms with Gasteiger partial charge in [0.2, 0.25) is 0 Å². The molecule has 0 bridgehead atoms. The lowest BCUT2D eigenvalue weighted by Gasteiger charge is -2.21. The molecule has 0 aliphatic carbocycles. The largest absolute Gasteiger partial charge is 0.508 e. The summed E-state index contributed by atoms with van der Waals surface area (Å²) in [5.74, 6) is -0.356. The Labute approximate surface area is 206 Å². The quantitative estimate of drug-likeness (QED) is 0.242. The van der Waals surface area contributed by atoms with Crippen LogP contribution >= 0.6 is 22.9 Å². The number of nitrogens with one attached hydrogen (secondary N) is 2. The predicted octanol–water partition coefficient (Wildman–Crippen LogP) is 5.56. The maximum absolute atomic E-state index is 13.2. The number of carbonyl (C=O) groups excluding carboxylic acids is 1. The molecular weight excluding hydrogens is 468 g/mol. The van der Waals surface area contributed by atoms with Crippen LogP contribution in [0.5, 0.6) is 5.75 Å². The lowest BCUT2D eigenvalue weighted by molar-refractivity contribution is 0.0941. The molecule has 4 rings (SSSR count). The van der Waals surface area contributed by atoms with Crippen molar-refractivity contribution in [1.29, 1.82) is 5.41 Å². The Morgan fingerprint density at radius 1 is 1.12 bits per heavy atom. The molecule has 0 fully saturated rings. The van der Waals surface area contributed by atoms with E-state index in [1.807, 2.05) is 30.3 Å². The minimum Gasteiger partial charge on any atom is -0.508 e. The number of pyridine rings is 1. The predicted molar refractivity (Wildman–Crippen MR) is 137 cm³/mol. The highest BCUT2D eigenvalue weighted by molar-refractivity contribution is 7.17. The third-order valence-corrected chi connectivity index (χ3v) is 6.88. The Balaban J connectivity index is 1.62. The Bertz CT molecular complexity index is 1300. The van der Waals surface area contributed by atoms with Crippen molar-refractivity contribution >= 4 is 34.6 Å². The third-order valence-electron chi connectivity index (χ3n) is 5.43. The van der Waals surface area contributed by atoms with Crippen molar-refractivity contribution in [2.24, 2.45) is 5.73 Å². The first kappa shape index (κ1) is 23.6. The Morgan fingerprint density at radius 2 is 1.94 bits per heavy atom. The van der Waals surface area contributed by atoms with Gasteiger partial charge in [-0.3, -0.25) is 9.78 Å². The molecule has 0 aliphatic heterocycles. The van der Waals surface area contributed by atoms with E-state index in [0.717, 1.165) is 16.0 Å². The summed E-state index contributed by atoms with van der Waals surface area (Å²) in [6.45, 7) is 0.403. The van der Waals surface area contributed by atoms with Gasteiger partial charge in [0.05, 0.1) is 10.9 Å². The fourth-order valence-corrected chi connectivity index (χ4v) is 5.00. The molecule has 8 heteroatoms. The van der Waals surface area contributed by atoms with E-state index >= 15 is 0 Å². The average molecular weight is 491 g/mol. The van der Waals surface area contributed by atoms with Gasteiger partial charge in [-0.15, -0.1) is 11.3 Å². The zero-order valence-electron chi connectivity index (χ0n) is 18.2. The van der Waals surface area contributed by atoms with Crippen LogP contribution in [0.15, 0.2) is 79.1 Å². The molecule has 1 atom stereocenters. The SMILES string of the molecule is N=C(CC(NC(=O)c1ccc(-c2ccccc2CN)s1)c1c(O)cccc1Cl)c1cccnc1. The molecule has 0 aliphatic rings. The van der Waals surface area contributed by atoms with Gasteiger partial charge in [-0.05, 0) is 41.5 Å². The summed E-state index contributed by atoms with van der Waals surface area (Å²) in [4.78, 5) is 18.7. The summed E-state index contributed by atoms with van der Waals surface area (Å²) >= 11 is 7.76. The van der Waals surface area contributed by atoms with Crippen molar-refractivity contribution < 1.29 is 9.90 Å². The smallest absolute Gasteiger partial charge is 0.261 e. The van der Waals surface area contributed by atoms with Crippen molar-refractivity contribution in [3.8, 4) is 16.2 Å². The molecule has 5 N–H and O–H groups in total. The van der Waals surface area contributed by atoms with Crippen LogP contribution in [0.25, 0.3) is 10.4 Å². The highest BCUT2D eigenvalue weighted by Crippen LogP contribution is 2.35. The molecule has 172 valence electrons. The maximum atomic E-state index is 13.2. The summed E-state index contributed by atoms with van der Waals surface area (Å²) < 4.78 is 0. The van der Waals surface area contributed by atoms with Gasteiger partial charge < -0.3 is 21.6 Å². The van der Waals surface area contributed by atoms with E-state index in [0.29, 0.717) is 27.6 Å². The zero-order chi connectivity index (χ0) is 24.1. The first-order valence-corrected chi connectivity index (χ1v) is 11.8. The highest BCUT2D eigenvalue weighted by atomic mass is 35.5. The van der Waals surface area contributed by atoms with Crippen LogP contribution in [-0.4, -0.2) is 21.7 Å². The number of carbonyl (C=O) groups is 1. The van der Waals surface area contributed by atoms with Crippen molar-refractivity contribution in [2.45, 2.75) is 19.0 Å². The van der Waals surface area contributed by atoms with Crippen LogP contribution in [0.4, 0.5) is 0 Å². The molecule has 2 heterocycles. The number of thiophene rings is 1. The average Bonchev–Trinajstić information content (AvgIpc) is 3.34. The lowest BCUT2D eigenvalue weighted by atomic mass is 9.97. The number of benzene rings is 2. The number of nitrogens with zero attached hydrogens (tertiary/aromatic N) is 1. The topological polar surface area (TPSA) is 112 Å². The number of phenolic OH excluding ortho intramolecular Hbond substituents is 1. The van der Waals surface area contributed by atoms with Gasteiger partial charge in [-0.2, -0.15) is 0 Å². The number of rotatable bonds is 8. The molecule has 2 aromatic heterocycles. The fraction of sp³-hybridized carbons (Fsp3) is 0.115. The monoisotopic (exact) mass is 490 g/mol. The molecule has 1 amide bonds. The summed E-state index contributed by atoms with van der Waals surface area (Å²) in [5, 5.41) is 22.3. The lowest BCUT2D eigenvalue weighted by Crippen LogP contribution is -2.30. The normalized spacial score (nSPS) is 11.7. The molecule has 34 heavy (non-hydrogen) atoms. The molecule has 6 nitrogen and oxygen atoms in total. The number of halogens is 1. The van der Waals surface area contributed by atoms with Crippen molar-refractivity contribution in [3.63, 3.8) is 0 Å². The first-order valence-electron chi connectivity index (χ1n) is 10.6. The summed E-state index contributed by atoms with van der Waals surface area (Å²) in [7, 11) is 0. The number of aromatic hydroxyl groups is 1. The maximum Gasteiger partial charge on any atom is 0.261 e. The zero-order valence-corrected chi connectivity index (χ0v) is 19.7. The van der Waals surface area contributed by atoms with Crippen LogP contribution in [0.3, 0.4) is 0 Å². The molecular formula is C26H23ClN4O2S. The highest BCUT2D eigenvalue weighted by Gasteiger charge is 2.24. The molecule has 0 radical (unpaired) electrons. The first-order chi connectivity index (χ1) is 16.5. The fourth-order valence-electron chi connectivity index (χ4n) is 3.73. The number of phenols is 1. The molecule has 1 unspecified atom stereocenters. The molecule has 0 saturated heterocycles. The van der Waals surface area contributed by atoms with Gasteiger partial charge in [0.25, 0.3) is 5.91 Å². The van der Waals surface area contributed by atoms with E-state index in [1.165, 1.54) is 17.4 Å². The van der Waals surface area contributed by atoms with Gasteiger partial charge in [0.15, 0.2) is 0 Å². The molecule has 2 aromatic carbocycles. The van der Waals surface area contributed by atoms with E-state index in [4.69, 9.17) is 22.7 Å². The Hall–Kier alpha value is -3.52. The van der Waals surface area contributed by atoms with Crippen molar-refractivity contribution in [1.82, 2.24) is 10.3 Å². The van der Waals surface area contributed by atoms with E-state index in [2.05, 4.69) is 10.3 Å². The van der Waals surface area contributed by atoms with Crippen LogP contribution in [0, 0.1) is 5.41 Å². The number of hydrogen-bond acceptors (Lipinski definition) is 6. The summed E-state index contributed by atoms with van der Waals surface area (Å²) in [6.07, 6.45) is 3.35. The second-order valence-corrected chi connectivity index (χ2v) is 9.14. The second-order valence-electron chi connectivity index (χ2n) is 7.65. The minimum absolute atomic E-state index is 0.0412. The molecule has 4 aromatic rings.